The smallest absolute Gasteiger partial charge is 0.144 e. The van der Waals surface area contributed by atoms with Gasteiger partial charge in [-0.05, 0) is 18.1 Å². The number of nitrogens with two attached hydrogens (primary N) is 1. The van der Waals surface area contributed by atoms with Crippen molar-refractivity contribution in [3.8, 4) is 0 Å². The summed E-state index contributed by atoms with van der Waals surface area (Å²) in [4.78, 5) is 8.86. The highest BCUT2D eigenvalue weighted by molar-refractivity contribution is 7.98. The summed E-state index contributed by atoms with van der Waals surface area (Å²) in [6.07, 6.45) is 1.85. The fourth-order valence-corrected chi connectivity index (χ4v) is 2.92. The number of hydrogen-bond acceptors (Lipinski definition) is 5. The summed E-state index contributed by atoms with van der Waals surface area (Å²) < 4.78 is 0. The number of nitrogen functional groups attached to an aromatic ring is 1. The van der Waals surface area contributed by atoms with Crippen LogP contribution >= 0.6 is 23.4 Å². The number of nitrogens with one attached hydrogen (secondary N) is 1. The van der Waals surface area contributed by atoms with Gasteiger partial charge in [0.05, 0.1) is 0 Å². The van der Waals surface area contributed by atoms with E-state index in [0.717, 1.165) is 40.0 Å². The number of benzene rings is 1. The Kier molecular flexibility index (Phi) is 5.64. The Morgan fingerprint density at radius 1 is 1.30 bits per heavy atom. The van der Waals surface area contributed by atoms with Gasteiger partial charge in [-0.3, -0.25) is 0 Å². The van der Waals surface area contributed by atoms with Crippen LogP contribution in [0.5, 0.6) is 0 Å². The third-order valence-electron chi connectivity index (χ3n) is 2.70. The molecule has 4 nitrogen and oxygen atoms in total. The SMILES string of the molecule is CCCc1nc(NN)cc(SCc2ccccc2Cl)n1. The maximum Gasteiger partial charge on any atom is 0.144 e. The molecule has 0 amide bonds. The van der Waals surface area contributed by atoms with Gasteiger partial charge in [0.2, 0.25) is 0 Å². The molecular formula is C14H17ClN4S. The average Bonchev–Trinajstić information content (AvgIpc) is 2.46. The third-order valence-corrected chi connectivity index (χ3v) is 4.03. The van der Waals surface area contributed by atoms with Crippen molar-refractivity contribution in [3.05, 3.63) is 46.7 Å². The van der Waals surface area contributed by atoms with E-state index in [-0.39, 0.29) is 0 Å². The molecule has 1 heterocycles. The number of hydrazine groups is 1. The number of rotatable bonds is 6. The van der Waals surface area contributed by atoms with Crippen molar-refractivity contribution >= 4 is 29.2 Å². The summed E-state index contributed by atoms with van der Waals surface area (Å²) in [6.45, 7) is 2.10. The van der Waals surface area contributed by atoms with E-state index in [0.29, 0.717) is 5.82 Å². The van der Waals surface area contributed by atoms with Crippen molar-refractivity contribution in [2.24, 2.45) is 5.84 Å². The molecule has 0 atom stereocenters. The predicted octanol–water partition coefficient (Wildman–Crippen LogP) is 3.66. The second kappa shape index (κ2) is 7.47. The molecule has 0 unspecified atom stereocenters. The first-order valence-corrected chi connectivity index (χ1v) is 7.80. The highest BCUT2D eigenvalue weighted by Gasteiger charge is 2.06. The van der Waals surface area contributed by atoms with Crippen molar-refractivity contribution in [1.82, 2.24) is 9.97 Å². The van der Waals surface area contributed by atoms with E-state index in [9.17, 15) is 0 Å². The Bertz CT molecular complexity index is 577. The average molecular weight is 309 g/mol. The number of aryl methyl sites for hydroxylation is 1. The highest BCUT2D eigenvalue weighted by Crippen LogP contribution is 2.26. The van der Waals surface area contributed by atoms with Crippen LogP contribution in [0.3, 0.4) is 0 Å². The van der Waals surface area contributed by atoms with Crippen LogP contribution in [0.4, 0.5) is 5.82 Å². The van der Waals surface area contributed by atoms with Gasteiger partial charge in [0, 0.05) is 23.3 Å². The van der Waals surface area contributed by atoms with E-state index in [1.54, 1.807) is 11.8 Å². The molecule has 0 saturated heterocycles. The minimum atomic E-state index is 0.644. The van der Waals surface area contributed by atoms with E-state index in [1.807, 2.05) is 30.3 Å². The summed E-state index contributed by atoms with van der Waals surface area (Å²) in [7, 11) is 0. The molecule has 2 aromatic rings. The Morgan fingerprint density at radius 2 is 2.10 bits per heavy atom. The molecule has 106 valence electrons. The van der Waals surface area contributed by atoms with Gasteiger partial charge in [-0.25, -0.2) is 15.8 Å². The van der Waals surface area contributed by atoms with Crippen molar-refractivity contribution < 1.29 is 0 Å². The number of anilines is 1. The largest absolute Gasteiger partial charge is 0.308 e. The number of nitrogens with zero attached hydrogens (tertiary/aromatic N) is 2. The van der Waals surface area contributed by atoms with Gasteiger partial charge in [0.15, 0.2) is 0 Å². The van der Waals surface area contributed by atoms with Crippen LogP contribution < -0.4 is 11.3 Å². The zero-order valence-electron chi connectivity index (χ0n) is 11.3. The molecule has 0 fully saturated rings. The lowest BCUT2D eigenvalue weighted by Crippen LogP contribution is -2.10. The van der Waals surface area contributed by atoms with E-state index < -0.39 is 0 Å². The van der Waals surface area contributed by atoms with Crippen molar-refractivity contribution in [1.29, 1.82) is 0 Å². The monoisotopic (exact) mass is 308 g/mol. The molecule has 0 aliphatic rings. The van der Waals surface area contributed by atoms with Crippen molar-refractivity contribution in [2.45, 2.75) is 30.5 Å². The van der Waals surface area contributed by atoms with Gasteiger partial charge in [0.1, 0.15) is 16.7 Å². The normalized spacial score (nSPS) is 10.6. The van der Waals surface area contributed by atoms with Gasteiger partial charge >= 0.3 is 0 Å². The fourth-order valence-electron chi connectivity index (χ4n) is 1.72. The summed E-state index contributed by atoms with van der Waals surface area (Å²) in [5.41, 5.74) is 3.68. The van der Waals surface area contributed by atoms with Gasteiger partial charge < -0.3 is 5.43 Å². The van der Waals surface area contributed by atoms with Crippen LogP contribution in [0.1, 0.15) is 24.7 Å². The van der Waals surface area contributed by atoms with Crippen LogP contribution in [0.15, 0.2) is 35.4 Å². The second-order valence-corrected chi connectivity index (χ2v) is 5.68. The fraction of sp³-hybridized carbons (Fsp3) is 0.286. The van der Waals surface area contributed by atoms with E-state index in [2.05, 4.69) is 22.3 Å². The van der Waals surface area contributed by atoms with Crippen LogP contribution in [-0.4, -0.2) is 9.97 Å². The highest BCUT2D eigenvalue weighted by atomic mass is 35.5. The zero-order valence-corrected chi connectivity index (χ0v) is 12.8. The quantitative estimate of drug-likeness (QED) is 0.369. The van der Waals surface area contributed by atoms with Crippen LogP contribution in [0.2, 0.25) is 5.02 Å². The molecule has 0 spiro atoms. The second-order valence-electron chi connectivity index (χ2n) is 4.28. The lowest BCUT2D eigenvalue weighted by molar-refractivity contribution is 0.810. The Balaban J connectivity index is 2.12. The summed E-state index contributed by atoms with van der Waals surface area (Å²) in [5.74, 6) is 7.67. The van der Waals surface area contributed by atoms with Crippen LogP contribution in [0.25, 0.3) is 0 Å². The molecule has 2 rings (SSSR count). The van der Waals surface area contributed by atoms with Gasteiger partial charge in [0.25, 0.3) is 0 Å². The molecule has 0 aliphatic heterocycles. The lowest BCUT2D eigenvalue weighted by atomic mass is 10.2. The standard InChI is InChI=1S/C14H17ClN4S/c1-2-5-12-17-13(19-16)8-14(18-12)20-9-10-6-3-4-7-11(10)15/h3-4,6-8H,2,5,9,16H2,1H3,(H,17,18,19). The van der Waals surface area contributed by atoms with E-state index in [1.165, 1.54) is 0 Å². The molecule has 1 aromatic heterocycles. The first kappa shape index (κ1) is 15.1. The van der Waals surface area contributed by atoms with Crippen molar-refractivity contribution in [3.63, 3.8) is 0 Å². The molecule has 0 radical (unpaired) electrons. The Morgan fingerprint density at radius 3 is 2.80 bits per heavy atom. The molecular weight excluding hydrogens is 292 g/mol. The zero-order chi connectivity index (χ0) is 14.4. The Labute approximate surface area is 128 Å². The van der Waals surface area contributed by atoms with Crippen LogP contribution in [-0.2, 0) is 12.2 Å². The van der Waals surface area contributed by atoms with Gasteiger partial charge in [-0.1, -0.05) is 36.7 Å². The van der Waals surface area contributed by atoms with E-state index in [4.69, 9.17) is 17.4 Å². The number of aromatic nitrogens is 2. The molecule has 6 heteroatoms. The summed E-state index contributed by atoms with van der Waals surface area (Å²) in [5, 5.41) is 1.68. The minimum absolute atomic E-state index is 0.644. The number of hydrogen-bond donors (Lipinski definition) is 2. The number of thioether (sulfide) groups is 1. The number of halogens is 1. The third kappa shape index (κ3) is 4.10. The first-order valence-electron chi connectivity index (χ1n) is 6.43. The summed E-state index contributed by atoms with van der Waals surface area (Å²) in [6, 6.07) is 9.67. The van der Waals surface area contributed by atoms with Gasteiger partial charge in [-0.2, -0.15) is 0 Å². The van der Waals surface area contributed by atoms with Crippen LogP contribution in [0, 0.1) is 0 Å². The van der Waals surface area contributed by atoms with E-state index >= 15 is 0 Å². The predicted molar refractivity (Wildman–Crippen MR) is 84.9 cm³/mol. The Hall–Kier alpha value is -1.30. The summed E-state index contributed by atoms with van der Waals surface area (Å²) >= 11 is 7.78. The first-order chi connectivity index (χ1) is 9.72. The molecule has 20 heavy (non-hydrogen) atoms. The maximum absolute atomic E-state index is 6.15. The molecule has 3 N–H and O–H groups in total. The lowest BCUT2D eigenvalue weighted by Gasteiger charge is -2.07. The molecule has 0 aliphatic carbocycles. The molecule has 1 aromatic carbocycles. The molecule has 0 bridgehead atoms. The maximum atomic E-state index is 6.15. The minimum Gasteiger partial charge on any atom is -0.308 e. The topological polar surface area (TPSA) is 63.8 Å². The molecule has 0 saturated carbocycles. The van der Waals surface area contributed by atoms with Crippen molar-refractivity contribution in [2.75, 3.05) is 5.43 Å². The van der Waals surface area contributed by atoms with Gasteiger partial charge in [-0.15, -0.1) is 11.8 Å².